The zero-order valence-electron chi connectivity index (χ0n) is 12.9. The van der Waals surface area contributed by atoms with Crippen molar-refractivity contribution in [1.29, 1.82) is 0 Å². The van der Waals surface area contributed by atoms with Crippen molar-refractivity contribution < 1.29 is 29.7 Å². The first kappa shape index (κ1) is 19.6. The van der Waals surface area contributed by atoms with Gasteiger partial charge in [-0.2, -0.15) is 0 Å². The number of aliphatic hydroxyl groups excluding tert-OH is 2. The Kier molecular flexibility index (Phi) is 7.83. The van der Waals surface area contributed by atoms with Gasteiger partial charge in [-0.3, -0.25) is 9.59 Å². The summed E-state index contributed by atoms with van der Waals surface area (Å²) in [6.45, 7) is -1.56. The van der Waals surface area contributed by atoms with E-state index in [9.17, 15) is 19.5 Å². The highest BCUT2D eigenvalue weighted by Crippen LogP contribution is 2.02. The number of carboxylic acid groups (broad SMARTS) is 1. The molecule has 132 valence electrons. The Morgan fingerprint density at radius 1 is 0.958 bits per heavy atom. The van der Waals surface area contributed by atoms with E-state index in [-0.39, 0.29) is 6.42 Å². The Labute approximate surface area is 138 Å². The average molecular weight is 339 g/mol. The van der Waals surface area contributed by atoms with Crippen molar-refractivity contribution in [2.24, 2.45) is 5.73 Å². The minimum absolute atomic E-state index is 0.237. The molecule has 1 aromatic rings. The third-order valence-corrected chi connectivity index (χ3v) is 3.25. The van der Waals surface area contributed by atoms with Gasteiger partial charge in [-0.1, -0.05) is 30.3 Å². The third-order valence-electron chi connectivity index (χ3n) is 3.25. The zero-order valence-corrected chi connectivity index (χ0v) is 12.9. The van der Waals surface area contributed by atoms with Crippen LogP contribution in [0.4, 0.5) is 0 Å². The molecular weight excluding hydrogens is 318 g/mol. The summed E-state index contributed by atoms with van der Waals surface area (Å²) in [5.41, 5.74) is 6.60. The van der Waals surface area contributed by atoms with Crippen LogP contribution in [0.1, 0.15) is 5.56 Å². The van der Waals surface area contributed by atoms with Crippen LogP contribution in [0.25, 0.3) is 0 Å². The second kappa shape index (κ2) is 9.60. The second-order valence-corrected chi connectivity index (χ2v) is 5.12. The first-order chi connectivity index (χ1) is 11.4. The Morgan fingerprint density at radius 3 is 2.00 bits per heavy atom. The van der Waals surface area contributed by atoms with Gasteiger partial charge in [0.2, 0.25) is 11.8 Å². The summed E-state index contributed by atoms with van der Waals surface area (Å²) in [5, 5.41) is 31.1. The lowest BCUT2D eigenvalue weighted by Crippen LogP contribution is -2.56. The second-order valence-electron chi connectivity index (χ2n) is 5.12. The number of benzene rings is 1. The van der Waals surface area contributed by atoms with E-state index in [2.05, 4.69) is 5.32 Å². The predicted octanol–water partition coefficient (Wildman–Crippen LogP) is -2.40. The molecule has 0 saturated carbocycles. The Bertz CT molecular complexity index is 566. The molecule has 9 heteroatoms. The summed E-state index contributed by atoms with van der Waals surface area (Å²) in [5.74, 6) is -3.03. The number of carbonyl (C=O) groups is 3. The van der Waals surface area contributed by atoms with E-state index in [1.807, 2.05) is 11.4 Å². The standard InChI is InChI=1S/C15H21N3O6/c16-10(6-9-4-2-1-3-5-9)13(21)17-11(7-19)14(22)18-12(8-20)15(23)24/h1-5,10-12,19-20H,6-8,16H2,(H,17,21)(H,18,22)(H,23,24). The third kappa shape index (κ3) is 5.95. The molecule has 2 amide bonds. The van der Waals surface area contributed by atoms with E-state index >= 15 is 0 Å². The Balaban J connectivity index is 2.61. The normalized spacial score (nSPS) is 14.3. The fourth-order valence-corrected chi connectivity index (χ4v) is 1.89. The van der Waals surface area contributed by atoms with E-state index in [0.29, 0.717) is 0 Å². The zero-order chi connectivity index (χ0) is 18.1. The number of carbonyl (C=O) groups excluding carboxylic acids is 2. The molecule has 3 atom stereocenters. The van der Waals surface area contributed by atoms with Crippen molar-refractivity contribution in [1.82, 2.24) is 10.6 Å². The largest absolute Gasteiger partial charge is 0.480 e. The number of hydrogen-bond donors (Lipinski definition) is 6. The van der Waals surface area contributed by atoms with E-state index in [4.69, 9.17) is 15.9 Å². The monoisotopic (exact) mass is 339 g/mol. The quantitative estimate of drug-likeness (QED) is 0.292. The fourth-order valence-electron chi connectivity index (χ4n) is 1.89. The number of aliphatic carboxylic acids is 1. The SMILES string of the molecule is NC(Cc1ccccc1)C(=O)NC(CO)C(=O)NC(CO)C(=O)O. The van der Waals surface area contributed by atoms with Crippen molar-refractivity contribution in [2.75, 3.05) is 13.2 Å². The highest BCUT2D eigenvalue weighted by Gasteiger charge is 2.27. The molecule has 0 saturated heterocycles. The molecule has 1 aromatic carbocycles. The summed E-state index contributed by atoms with van der Waals surface area (Å²) in [6.07, 6.45) is 0.237. The summed E-state index contributed by atoms with van der Waals surface area (Å²) < 4.78 is 0. The fraction of sp³-hybridized carbons (Fsp3) is 0.400. The van der Waals surface area contributed by atoms with Gasteiger partial charge in [0.1, 0.15) is 12.1 Å². The number of nitrogens with two attached hydrogens (primary N) is 1. The van der Waals surface area contributed by atoms with Gasteiger partial charge in [-0.05, 0) is 12.0 Å². The van der Waals surface area contributed by atoms with Gasteiger partial charge in [-0.25, -0.2) is 4.79 Å². The van der Waals surface area contributed by atoms with Gasteiger partial charge in [-0.15, -0.1) is 0 Å². The minimum atomic E-state index is -1.53. The highest BCUT2D eigenvalue weighted by molar-refractivity contribution is 5.91. The smallest absolute Gasteiger partial charge is 0.328 e. The van der Waals surface area contributed by atoms with Crippen molar-refractivity contribution >= 4 is 17.8 Å². The summed E-state index contributed by atoms with van der Waals surface area (Å²) >= 11 is 0. The molecule has 0 heterocycles. The number of carboxylic acids is 1. The van der Waals surface area contributed by atoms with Gasteiger partial charge in [0.05, 0.1) is 19.3 Å². The maximum Gasteiger partial charge on any atom is 0.328 e. The number of amides is 2. The van der Waals surface area contributed by atoms with E-state index in [0.717, 1.165) is 5.56 Å². The molecule has 0 aliphatic carbocycles. The molecule has 0 bridgehead atoms. The van der Waals surface area contributed by atoms with E-state index in [1.54, 1.807) is 24.3 Å². The summed E-state index contributed by atoms with van der Waals surface area (Å²) in [7, 11) is 0. The average Bonchev–Trinajstić information content (AvgIpc) is 2.57. The van der Waals surface area contributed by atoms with Gasteiger partial charge in [0.25, 0.3) is 0 Å². The topological polar surface area (TPSA) is 162 Å². The van der Waals surface area contributed by atoms with E-state index < -0.39 is 49.1 Å². The van der Waals surface area contributed by atoms with Gasteiger partial charge in [0.15, 0.2) is 0 Å². The molecule has 0 aliphatic rings. The summed E-state index contributed by atoms with van der Waals surface area (Å²) in [6, 6.07) is 5.16. The van der Waals surface area contributed by atoms with Crippen molar-refractivity contribution in [2.45, 2.75) is 24.5 Å². The molecule has 0 aliphatic heterocycles. The molecule has 24 heavy (non-hydrogen) atoms. The molecular formula is C15H21N3O6. The van der Waals surface area contributed by atoms with Crippen LogP contribution in [0.2, 0.25) is 0 Å². The van der Waals surface area contributed by atoms with Crippen molar-refractivity contribution in [3.05, 3.63) is 35.9 Å². The number of rotatable bonds is 9. The van der Waals surface area contributed by atoms with Gasteiger partial charge >= 0.3 is 5.97 Å². The molecule has 9 nitrogen and oxygen atoms in total. The van der Waals surface area contributed by atoms with Crippen LogP contribution in [-0.4, -0.2) is 64.4 Å². The number of hydrogen-bond acceptors (Lipinski definition) is 6. The van der Waals surface area contributed by atoms with Crippen molar-refractivity contribution in [3.63, 3.8) is 0 Å². The number of aliphatic hydroxyl groups is 2. The molecule has 0 aromatic heterocycles. The lowest BCUT2D eigenvalue weighted by molar-refractivity contribution is -0.143. The first-order valence-electron chi connectivity index (χ1n) is 7.23. The Morgan fingerprint density at radius 2 is 1.50 bits per heavy atom. The number of nitrogens with one attached hydrogen (secondary N) is 2. The highest BCUT2D eigenvalue weighted by atomic mass is 16.4. The molecule has 0 fully saturated rings. The summed E-state index contributed by atoms with van der Waals surface area (Å²) in [4.78, 5) is 34.6. The van der Waals surface area contributed by atoms with Crippen LogP contribution < -0.4 is 16.4 Å². The van der Waals surface area contributed by atoms with Crippen molar-refractivity contribution in [3.8, 4) is 0 Å². The first-order valence-corrected chi connectivity index (χ1v) is 7.23. The minimum Gasteiger partial charge on any atom is -0.480 e. The molecule has 1 rings (SSSR count). The molecule has 0 spiro atoms. The molecule has 0 radical (unpaired) electrons. The predicted molar refractivity (Wildman–Crippen MR) is 83.8 cm³/mol. The lowest BCUT2D eigenvalue weighted by Gasteiger charge is -2.20. The maximum atomic E-state index is 12.0. The van der Waals surface area contributed by atoms with Crippen LogP contribution in [0.3, 0.4) is 0 Å². The van der Waals surface area contributed by atoms with Gasteiger partial charge in [0, 0.05) is 0 Å². The van der Waals surface area contributed by atoms with Crippen LogP contribution in [0.15, 0.2) is 30.3 Å². The van der Waals surface area contributed by atoms with Crippen LogP contribution in [-0.2, 0) is 20.8 Å². The maximum absolute atomic E-state index is 12.0. The molecule has 3 unspecified atom stereocenters. The van der Waals surface area contributed by atoms with Crippen LogP contribution >= 0.6 is 0 Å². The van der Waals surface area contributed by atoms with Crippen LogP contribution in [0, 0.1) is 0 Å². The Hall–Kier alpha value is -2.49. The molecule has 7 N–H and O–H groups in total. The lowest BCUT2D eigenvalue weighted by atomic mass is 10.1. The van der Waals surface area contributed by atoms with Gasteiger partial charge < -0.3 is 31.7 Å². The van der Waals surface area contributed by atoms with E-state index in [1.165, 1.54) is 0 Å². The van der Waals surface area contributed by atoms with Crippen LogP contribution in [0.5, 0.6) is 0 Å².